The van der Waals surface area contributed by atoms with Crippen molar-refractivity contribution in [3.8, 4) is 0 Å². The molecule has 0 aromatic heterocycles. The molecule has 4 aliphatic rings. The molecule has 2 heterocycles. The lowest BCUT2D eigenvalue weighted by atomic mass is 9.65. The van der Waals surface area contributed by atoms with Gasteiger partial charge in [-0.3, -0.25) is 4.79 Å². The van der Waals surface area contributed by atoms with Crippen molar-refractivity contribution >= 4 is 5.97 Å². The highest BCUT2D eigenvalue weighted by Crippen LogP contribution is 2.64. The highest BCUT2D eigenvalue weighted by atomic mass is 16.6. The summed E-state index contributed by atoms with van der Waals surface area (Å²) in [5.41, 5.74) is -0.620. The number of rotatable bonds is 2. The van der Waals surface area contributed by atoms with Gasteiger partial charge in [0.25, 0.3) is 0 Å². The summed E-state index contributed by atoms with van der Waals surface area (Å²) in [5.74, 6) is 1.14. The van der Waals surface area contributed by atoms with E-state index in [1.807, 2.05) is 0 Å². The van der Waals surface area contributed by atoms with E-state index in [9.17, 15) is 9.90 Å². The molecule has 4 atom stereocenters. The van der Waals surface area contributed by atoms with Crippen LogP contribution in [0.2, 0.25) is 0 Å². The van der Waals surface area contributed by atoms with E-state index >= 15 is 0 Å². The van der Waals surface area contributed by atoms with Crippen LogP contribution in [0, 0.1) is 23.2 Å². The first-order chi connectivity index (χ1) is 9.14. The van der Waals surface area contributed by atoms with Gasteiger partial charge in [-0.1, -0.05) is 0 Å². The van der Waals surface area contributed by atoms with E-state index in [4.69, 9.17) is 9.47 Å². The molecule has 0 radical (unpaired) electrons. The molecule has 0 aromatic carbocycles. The summed E-state index contributed by atoms with van der Waals surface area (Å²) >= 11 is 0. The third kappa shape index (κ3) is 1.76. The zero-order valence-electron chi connectivity index (χ0n) is 11.3. The Labute approximate surface area is 113 Å². The molecule has 0 aromatic rings. The maximum absolute atomic E-state index is 11.9. The van der Waals surface area contributed by atoms with Crippen LogP contribution >= 0.6 is 0 Å². The van der Waals surface area contributed by atoms with Crippen LogP contribution in [0.4, 0.5) is 0 Å². The number of hydrogen-bond donors (Lipinski definition) is 1. The van der Waals surface area contributed by atoms with Crippen LogP contribution < -0.4 is 0 Å². The third-order valence-electron chi connectivity index (χ3n) is 6.09. The number of ether oxygens (including phenoxy) is 2. The summed E-state index contributed by atoms with van der Waals surface area (Å²) in [6, 6.07) is 0. The fourth-order valence-electron chi connectivity index (χ4n) is 4.87. The zero-order chi connectivity index (χ0) is 13.1. The van der Waals surface area contributed by atoms with Crippen molar-refractivity contribution in [3.63, 3.8) is 0 Å². The molecule has 19 heavy (non-hydrogen) atoms. The van der Waals surface area contributed by atoms with Gasteiger partial charge >= 0.3 is 5.97 Å². The van der Waals surface area contributed by atoms with Crippen molar-refractivity contribution < 1.29 is 19.4 Å². The second-order valence-corrected chi connectivity index (χ2v) is 7.15. The zero-order valence-corrected chi connectivity index (χ0v) is 11.3. The fourth-order valence-corrected chi connectivity index (χ4v) is 4.87. The van der Waals surface area contributed by atoms with Crippen LogP contribution in [0.15, 0.2) is 0 Å². The number of fused-ring (bicyclic) bond motifs is 1. The van der Waals surface area contributed by atoms with E-state index in [0.29, 0.717) is 25.0 Å². The fraction of sp³-hybridized carbons (Fsp3) is 0.933. The van der Waals surface area contributed by atoms with E-state index < -0.39 is 11.4 Å². The lowest BCUT2D eigenvalue weighted by Gasteiger charge is -2.44. The lowest BCUT2D eigenvalue weighted by molar-refractivity contribution is -0.164. The number of aliphatic carboxylic acids is 1. The van der Waals surface area contributed by atoms with Gasteiger partial charge < -0.3 is 14.6 Å². The molecule has 4 heteroatoms. The molecule has 0 bridgehead atoms. The smallest absolute Gasteiger partial charge is 0.309 e. The van der Waals surface area contributed by atoms with Gasteiger partial charge in [-0.25, -0.2) is 0 Å². The molecule has 0 amide bonds. The third-order valence-corrected chi connectivity index (χ3v) is 6.09. The molecule has 2 aliphatic heterocycles. The first kappa shape index (κ1) is 12.2. The predicted octanol–water partition coefficient (Wildman–Crippen LogP) is 2.07. The normalized spacial score (nSPS) is 52.3. The number of carboxylic acids is 1. The minimum absolute atomic E-state index is 0.169. The number of carbonyl (C=O) groups is 1. The second-order valence-electron chi connectivity index (χ2n) is 7.15. The van der Waals surface area contributed by atoms with Crippen LogP contribution in [0.25, 0.3) is 0 Å². The Bertz CT molecular complexity index is 389. The maximum atomic E-state index is 11.9. The molecular weight excluding hydrogens is 244 g/mol. The Morgan fingerprint density at radius 3 is 2.58 bits per heavy atom. The molecule has 1 N–H and O–H groups in total. The minimum atomic E-state index is -0.555. The average molecular weight is 266 g/mol. The largest absolute Gasteiger partial charge is 0.481 e. The Morgan fingerprint density at radius 2 is 1.95 bits per heavy atom. The van der Waals surface area contributed by atoms with E-state index in [1.54, 1.807) is 0 Å². The summed E-state index contributed by atoms with van der Waals surface area (Å²) in [5, 5.41) is 9.81. The molecule has 106 valence electrons. The van der Waals surface area contributed by atoms with E-state index in [1.165, 1.54) is 6.42 Å². The monoisotopic (exact) mass is 266 g/mol. The van der Waals surface area contributed by atoms with Gasteiger partial charge in [0.15, 0.2) is 0 Å². The van der Waals surface area contributed by atoms with Crippen LogP contribution in [0.5, 0.6) is 0 Å². The van der Waals surface area contributed by atoms with E-state index in [-0.39, 0.29) is 11.5 Å². The average Bonchev–Trinajstić information content (AvgIpc) is 2.83. The first-order valence-corrected chi connectivity index (χ1v) is 7.59. The second kappa shape index (κ2) is 3.95. The topological polar surface area (TPSA) is 55.8 Å². The Kier molecular flexibility index (Phi) is 2.53. The van der Waals surface area contributed by atoms with Gasteiger partial charge in [-0.15, -0.1) is 0 Å². The maximum Gasteiger partial charge on any atom is 0.309 e. The van der Waals surface area contributed by atoms with Gasteiger partial charge in [-0.2, -0.15) is 0 Å². The summed E-state index contributed by atoms with van der Waals surface area (Å²) in [6.45, 7) is 2.13. The van der Waals surface area contributed by atoms with Crippen molar-refractivity contribution in [1.82, 2.24) is 0 Å². The van der Waals surface area contributed by atoms with Gasteiger partial charge in [0.1, 0.15) is 0 Å². The highest BCUT2D eigenvalue weighted by molar-refractivity contribution is 5.76. The quantitative estimate of drug-likeness (QED) is 0.831. The van der Waals surface area contributed by atoms with Crippen LogP contribution in [0.1, 0.15) is 38.5 Å². The lowest BCUT2D eigenvalue weighted by Crippen LogP contribution is -2.48. The van der Waals surface area contributed by atoms with Crippen molar-refractivity contribution in [2.45, 2.75) is 44.1 Å². The SMILES string of the molecule is O=C(O)C1(C2CCOC3(CCOC3)C2)CC2CC2C1. The van der Waals surface area contributed by atoms with Gasteiger partial charge in [0, 0.05) is 19.6 Å². The molecule has 4 rings (SSSR count). The summed E-state index contributed by atoms with van der Waals surface area (Å²) < 4.78 is 11.5. The van der Waals surface area contributed by atoms with Crippen LogP contribution in [-0.2, 0) is 14.3 Å². The van der Waals surface area contributed by atoms with Crippen molar-refractivity contribution in [2.75, 3.05) is 19.8 Å². The van der Waals surface area contributed by atoms with Gasteiger partial charge in [0.2, 0.25) is 0 Å². The predicted molar refractivity (Wildman–Crippen MR) is 67.7 cm³/mol. The molecule has 4 fully saturated rings. The Balaban J connectivity index is 1.58. The van der Waals surface area contributed by atoms with Gasteiger partial charge in [0.05, 0.1) is 17.6 Å². The summed E-state index contributed by atoms with van der Waals surface area (Å²) in [6.07, 6.45) is 5.83. The van der Waals surface area contributed by atoms with Gasteiger partial charge in [-0.05, 0) is 49.9 Å². The molecule has 4 nitrogen and oxygen atoms in total. The summed E-state index contributed by atoms with van der Waals surface area (Å²) in [7, 11) is 0. The van der Waals surface area contributed by atoms with Crippen LogP contribution in [0.3, 0.4) is 0 Å². The van der Waals surface area contributed by atoms with E-state index in [2.05, 4.69) is 0 Å². The van der Waals surface area contributed by atoms with Crippen molar-refractivity contribution in [1.29, 1.82) is 0 Å². The molecule has 2 saturated carbocycles. The van der Waals surface area contributed by atoms with E-state index in [0.717, 1.165) is 38.7 Å². The van der Waals surface area contributed by atoms with Crippen LogP contribution in [-0.4, -0.2) is 36.5 Å². The summed E-state index contributed by atoms with van der Waals surface area (Å²) in [4.78, 5) is 11.9. The Morgan fingerprint density at radius 1 is 1.16 bits per heavy atom. The molecule has 4 unspecified atom stereocenters. The van der Waals surface area contributed by atoms with Crippen molar-refractivity contribution in [3.05, 3.63) is 0 Å². The molecule has 1 spiro atoms. The molecule has 2 saturated heterocycles. The minimum Gasteiger partial charge on any atom is -0.481 e. The first-order valence-electron chi connectivity index (χ1n) is 7.59. The highest BCUT2D eigenvalue weighted by Gasteiger charge is 2.62. The molecule has 2 aliphatic carbocycles. The number of hydrogen-bond acceptors (Lipinski definition) is 3. The standard InChI is InChI=1S/C15H22O4/c16-13(17)15(6-10-5-11(10)7-15)12-1-3-19-14(8-12)2-4-18-9-14/h10-12H,1-9H2,(H,16,17). The number of carboxylic acid groups (broad SMARTS) is 1. The van der Waals surface area contributed by atoms with Crippen molar-refractivity contribution in [2.24, 2.45) is 23.2 Å². The molecular formula is C15H22O4. The Hall–Kier alpha value is -0.610.